The van der Waals surface area contributed by atoms with Gasteiger partial charge in [0, 0.05) is 55.6 Å². The van der Waals surface area contributed by atoms with Gasteiger partial charge in [0.05, 0.1) is 13.2 Å². The minimum absolute atomic E-state index is 0.0444. The van der Waals surface area contributed by atoms with Crippen molar-refractivity contribution in [3.63, 3.8) is 0 Å². The van der Waals surface area contributed by atoms with Gasteiger partial charge in [-0.3, -0.25) is 9.69 Å². The Kier molecular flexibility index (Phi) is 7.41. The number of nitrogens with zero attached hydrogens (tertiary/aromatic N) is 1. The summed E-state index contributed by atoms with van der Waals surface area (Å²) in [6, 6.07) is 26.0. The summed E-state index contributed by atoms with van der Waals surface area (Å²) in [6.45, 7) is 4.84. The predicted molar refractivity (Wildman–Crippen MR) is 138 cm³/mol. The number of hydrogen-bond donors (Lipinski definition) is 2. The summed E-state index contributed by atoms with van der Waals surface area (Å²) >= 11 is 0. The zero-order valence-corrected chi connectivity index (χ0v) is 19.8. The molecule has 0 saturated carbocycles. The highest BCUT2D eigenvalue weighted by atomic mass is 16.5. The van der Waals surface area contributed by atoms with E-state index in [-0.39, 0.29) is 11.8 Å². The van der Waals surface area contributed by atoms with Gasteiger partial charge in [0.25, 0.3) is 0 Å². The van der Waals surface area contributed by atoms with Crippen molar-refractivity contribution in [2.45, 2.75) is 12.3 Å². The number of carbonyl (C=O) groups is 1. The number of nitrogens with one attached hydrogen (secondary N) is 2. The van der Waals surface area contributed by atoms with Gasteiger partial charge < -0.3 is 19.8 Å². The molecule has 5 rings (SSSR count). The number of para-hydroxylation sites is 2. The largest absolute Gasteiger partial charge is 0.457 e. The number of fused-ring (bicyclic) bond motifs is 1. The van der Waals surface area contributed by atoms with E-state index in [4.69, 9.17) is 9.47 Å². The number of rotatable bonds is 9. The Bertz CT molecular complexity index is 1250. The maximum absolute atomic E-state index is 13.1. The number of hydrogen-bond acceptors (Lipinski definition) is 4. The van der Waals surface area contributed by atoms with Crippen molar-refractivity contribution in [2.24, 2.45) is 0 Å². The van der Waals surface area contributed by atoms with E-state index in [9.17, 15) is 4.79 Å². The van der Waals surface area contributed by atoms with Gasteiger partial charge in [-0.1, -0.05) is 48.5 Å². The van der Waals surface area contributed by atoms with Crippen LogP contribution in [0.25, 0.3) is 10.9 Å². The quantitative estimate of drug-likeness (QED) is 0.365. The molecule has 2 heterocycles. The summed E-state index contributed by atoms with van der Waals surface area (Å²) in [5, 5.41) is 4.26. The van der Waals surface area contributed by atoms with E-state index >= 15 is 0 Å². The molecule has 4 aromatic rings. The fourth-order valence-electron chi connectivity index (χ4n) is 4.64. The van der Waals surface area contributed by atoms with Gasteiger partial charge in [-0.2, -0.15) is 0 Å². The molecule has 2 N–H and O–H groups in total. The Labute approximate surface area is 205 Å². The van der Waals surface area contributed by atoms with Crippen LogP contribution in [0.1, 0.15) is 23.5 Å². The molecule has 1 fully saturated rings. The number of morpholine rings is 1. The number of aromatic amines is 1. The lowest BCUT2D eigenvalue weighted by Gasteiger charge is -2.26. The van der Waals surface area contributed by atoms with Crippen molar-refractivity contribution in [1.29, 1.82) is 0 Å². The average Bonchev–Trinajstić information content (AvgIpc) is 3.33. The van der Waals surface area contributed by atoms with Crippen LogP contribution in [0.4, 0.5) is 0 Å². The number of ether oxygens (including phenoxy) is 2. The normalized spacial score (nSPS) is 15.1. The molecule has 3 aromatic carbocycles. The molecule has 0 spiro atoms. The van der Waals surface area contributed by atoms with Gasteiger partial charge in [-0.15, -0.1) is 0 Å². The fourth-order valence-corrected chi connectivity index (χ4v) is 4.64. The number of amides is 1. The average molecular weight is 470 g/mol. The Balaban J connectivity index is 1.35. The summed E-state index contributed by atoms with van der Waals surface area (Å²) in [4.78, 5) is 18.8. The number of aromatic nitrogens is 1. The highest BCUT2D eigenvalue weighted by Gasteiger charge is 2.22. The van der Waals surface area contributed by atoms with Crippen LogP contribution in [0, 0.1) is 0 Å². The molecular formula is C29H31N3O3. The molecule has 1 aromatic heterocycles. The van der Waals surface area contributed by atoms with Crippen LogP contribution in [-0.2, 0) is 9.53 Å². The van der Waals surface area contributed by atoms with E-state index < -0.39 is 0 Å². The number of benzene rings is 3. The third kappa shape index (κ3) is 5.91. The van der Waals surface area contributed by atoms with Crippen LogP contribution < -0.4 is 10.1 Å². The van der Waals surface area contributed by atoms with E-state index in [1.807, 2.05) is 66.9 Å². The van der Waals surface area contributed by atoms with Crippen LogP contribution in [-0.4, -0.2) is 55.2 Å². The van der Waals surface area contributed by atoms with E-state index in [1.165, 1.54) is 0 Å². The highest BCUT2D eigenvalue weighted by Crippen LogP contribution is 2.35. The predicted octanol–water partition coefficient (Wildman–Crippen LogP) is 4.93. The molecule has 1 aliphatic rings. The van der Waals surface area contributed by atoms with Gasteiger partial charge in [0.1, 0.15) is 11.5 Å². The van der Waals surface area contributed by atoms with Crippen molar-refractivity contribution in [3.8, 4) is 11.5 Å². The fraction of sp³-hybridized carbons (Fsp3) is 0.276. The molecule has 1 atom stereocenters. The van der Waals surface area contributed by atoms with Gasteiger partial charge >= 0.3 is 0 Å². The zero-order chi connectivity index (χ0) is 23.9. The van der Waals surface area contributed by atoms with E-state index in [1.54, 1.807) is 0 Å². The first-order chi connectivity index (χ1) is 17.3. The van der Waals surface area contributed by atoms with Crippen molar-refractivity contribution in [2.75, 3.05) is 39.4 Å². The molecule has 35 heavy (non-hydrogen) atoms. The summed E-state index contributed by atoms with van der Waals surface area (Å²) in [5.74, 6) is 1.48. The molecule has 6 heteroatoms. The van der Waals surface area contributed by atoms with Gasteiger partial charge in [-0.25, -0.2) is 0 Å². The van der Waals surface area contributed by atoms with Gasteiger partial charge in [0.15, 0.2) is 0 Å². The third-order valence-electron chi connectivity index (χ3n) is 6.48. The molecule has 0 unspecified atom stereocenters. The second-order valence-corrected chi connectivity index (χ2v) is 8.84. The standard InChI is InChI=1S/C29H31N3O3/c33-29(30-13-14-32-15-17-34-18-16-32)20-26(27-21-31-28-12-5-4-11-25(27)28)22-7-6-10-24(19-22)35-23-8-2-1-3-9-23/h1-12,19,21,26,31H,13-18,20H2,(H,30,33)/t26-/m1/s1. The molecule has 0 radical (unpaired) electrons. The first-order valence-electron chi connectivity index (χ1n) is 12.2. The minimum atomic E-state index is -0.103. The lowest BCUT2D eigenvalue weighted by molar-refractivity contribution is -0.121. The summed E-state index contributed by atoms with van der Waals surface area (Å²) in [5.41, 5.74) is 3.23. The van der Waals surface area contributed by atoms with Crippen molar-refractivity contribution in [3.05, 3.63) is 96.2 Å². The van der Waals surface area contributed by atoms with Crippen molar-refractivity contribution < 1.29 is 14.3 Å². The Morgan fingerprint density at radius 3 is 2.60 bits per heavy atom. The van der Waals surface area contributed by atoms with Crippen LogP contribution in [0.3, 0.4) is 0 Å². The monoisotopic (exact) mass is 469 g/mol. The molecule has 6 nitrogen and oxygen atoms in total. The maximum atomic E-state index is 13.1. The molecule has 0 bridgehead atoms. The van der Waals surface area contributed by atoms with Crippen LogP contribution in [0.2, 0.25) is 0 Å². The first-order valence-corrected chi connectivity index (χ1v) is 12.2. The maximum Gasteiger partial charge on any atom is 0.220 e. The van der Waals surface area contributed by atoms with Crippen LogP contribution in [0.5, 0.6) is 11.5 Å². The van der Waals surface area contributed by atoms with Crippen LogP contribution >= 0.6 is 0 Å². The molecule has 1 saturated heterocycles. The molecule has 1 amide bonds. The molecular weight excluding hydrogens is 438 g/mol. The zero-order valence-electron chi connectivity index (χ0n) is 19.8. The van der Waals surface area contributed by atoms with Crippen LogP contribution in [0.15, 0.2) is 85.1 Å². The topological polar surface area (TPSA) is 66.6 Å². The van der Waals surface area contributed by atoms with Gasteiger partial charge in [0.2, 0.25) is 5.91 Å². The lowest BCUT2D eigenvalue weighted by atomic mass is 9.88. The summed E-state index contributed by atoms with van der Waals surface area (Å²) in [6.07, 6.45) is 2.39. The van der Waals surface area contributed by atoms with Crippen molar-refractivity contribution >= 4 is 16.8 Å². The minimum Gasteiger partial charge on any atom is -0.457 e. The summed E-state index contributed by atoms with van der Waals surface area (Å²) in [7, 11) is 0. The lowest BCUT2D eigenvalue weighted by Crippen LogP contribution is -2.41. The highest BCUT2D eigenvalue weighted by molar-refractivity contribution is 5.86. The Morgan fingerprint density at radius 2 is 1.74 bits per heavy atom. The molecule has 0 aliphatic carbocycles. The first kappa shape index (κ1) is 23.1. The second kappa shape index (κ2) is 11.2. The van der Waals surface area contributed by atoms with E-state index in [2.05, 4.69) is 33.4 Å². The third-order valence-corrected chi connectivity index (χ3v) is 6.48. The Hall–Kier alpha value is -3.61. The molecule has 1 aliphatic heterocycles. The van der Waals surface area contributed by atoms with Crippen molar-refractivity contribution in [1.82, 2.24) is 15.2 Å². The van der Waals surface area contributed by atoms with E-state index in [0.29, 0.717) is 13.0 Å². The smallest absolute Gasteiger partial charge is 0.220 e. The van der Waals surface area contributed by atoms with E-state index in [0.717, 1.165) is 66.4 Å². The SMILES string of the molecule is O=C(C[C@H](c1cccc(Oc2ccccc2)c1)c1c[nH]c2ccccc12)NCCN1CCOCC1. The van der Waals surface area contributed by atoms with Gasteiger partial charge in [-0.05, 0) is 41.5 Å². The second-order valence-electron chi connectivity index (χ2n) is 8.84. The number of H-pyrrole nitrogens is 1. The summed E-state index contributed by atoms with van der Waals surface area (Å²) < 4.78 is 11.5. The molecule has 180 valence electrons. The number of carbonyl (C=O) groups excluding carboxylic acids is 1. The Morgan fingerprint density at radius 1 is 0.971 bits per heavy atom.